The lowest BCUT2D eigenvalue weighted by molar-refractivity contribution is 0.120. The van der Waals surface area contributed by atoms with Crippen molar-refractivity contribution in [1.82, 2.24) is 14.8 Å². The van der Waals surface area contributed by atoms with E-state index in [2.05, 4.69) is 41.0 Å². The molecule has 2 aromatic carbocycles. The van der Waals surface area contributed by atoms with Crippen LogP contribution in [0, 0.1) is 13.8 Å². The van der Waals surface area contributed by atoms with Crippen LogP contribution in [0.1, 0.15) is 22.6 Å². The average Bonchev–Trinajstić information content (AvgIpc) is 3.06. The Balaban J connectivity index is 1.34. The number of hydrogen-bond acceptors (Lipinski definition) is 4. The maximum absolute atomic E-state index is 5.91. The van der Waals surface area contributed by atoms with Gasteiger partial charge in [0.15, 0.2) is 0 Å². The molecule has 4 rings (SSSR count). The molecule has 1 saturated heterocycles. The second-order valence-electron chi connectivity index (χ2n) is 7.37. The maximum Gasteiger partial charge on any atom is 0.226 e. The maximum atomic E-state index is 5.91. The zero-order valence-electron chi connectivity index (χ0n) is 16.2. The first kappa shape index (κ1) is 18.0. The van der Waals surface area contributed by atoms with Gasteiger partial charge in [0.05, 0.1) is 5.69 Å². The van der Waals surface area contributed by atoms with Crippen LogP contribution in [0.15, 0.2) is 59.0 Å². The summed E-state index contributed by atoms with van der Waals surface area (Å²) in [5.41, 5.74) is 4.91. The zero-order chi connectivity index (χ0) is 18.6. The molecular weight excluding hydrogens is 334 g/mol. The van der Waals surface area contributed by atoms with Crippen molar-refractivity contribution >= 4 is 0 Å². The Morgan fingerprint density at radius 2 is 1.44 bits per heavy atom. The first-order valence-electron chi connectivity index (χ1n) is 9.70. The quantitative estimate of drug-likeness (QED) is 0.679. The predicted molar refractivity (Wildman–Crippen MR) is 108 cm³/mol. The van der Waals surface area contributed by atoms with Crippen LogP contribution in [0.4, 0.5) is 0 Å². The summed E-state index contributed by atoms with van der Waals surface area (Å²) in [6.45, 7) is 10.4. The molecule has 4 nitrogen and oxygen atoms in total. The number of oxazole rings is 1. The topological polar surface area (TPSA) is 32.5 Å². The van der Waals surface area contributed by atoms with E-state index in [-0.39, 0.29) is 0 Å². The standard InChI is InChI=1S/C23H27N3O/c1-18-8-6-7-11-21(18)16-25-12-14-26(15-13-25)17-22-19(2)27-23(24-22)20-9-4-3-5-10-20/h3-11H,12-17H2,1-2H3. The molecule has 1 aromatic heterocycles. The molecule has 1 aliphatic heterocycles. The minimum absolute atomic E-state index is 0.723. The zero-order valence-corrected chi connectivity index (χ0v) is 16.2. The summed E-state index contributed by atoms with van der Waals surface area (Å²) in [6.07, 6.45) is 0. The van der Waals surface area contributed by atoms with Crippen molar-refractivity contribution in [3.63, 3.8) is 0 Å². The Kier molecular flexibility index (Phi) is 5.37. The van der Waals surface area contributed by atoms with Gasteiger partial charge < -0.3 is 4.42 Å². The normalized spacial score (nSPS) is 15.9. The van der Waals surface area contributed by atoms with Gasteiger partial charge in [0, 0.05) is 44.8 Å². The molecule has 0 unspecified atom stereocenters. The van der Waals surface area contributed by atoms with Crippen LogP contribution in [0.2, 0.25) is 0 Å². The fourth-order valence-corrected chi connectivity index (χ4v) is 3.62. The number of benzene rings is 2. The molecule has 1 fully saturated rings. The Bertz CT molecular complexity index is 880. The Morgan fingerprint density at radius 1 is 0.815 bits per heavy atom. The second kappa shape index (κ2) is 8.07. The third-order valence-electron chi connectivity index (χ3n) is 5.41. The summed E-state index contributed by atoms with van der Waals surface area (Å²) < 4.78 is 5.91. The average molecular weight is 361 g/mol. The van der Waals surface area contributed by atoms with E-state index in [0.717, 1.165) is 62.2 Å². The highest BCUT2D eigenvalue weighted by atomic mass is 16.4. The molecule has 0 aliphatic carbocycles. The lowest BCUT2D eigenvalue weighted by Crippen LogP contribution is -2.45. The van der Waals surface area contributed by atoms with Crippen molar-refractivity contribution in [2.24, 2.45) is 0 Å². The monoisotopic (exact) mass is 361 g/mol. The molecule has 27 heavy (non-hydrogen) atoms. The van der Waals surface area contributed by atoms with Gasteiger partial charge in [0.1, 0.15) is 5.76 Å². The third-order valence-corrected chi connectivity index (χ3v) is 5.41. The van der Waals surface area contributed by atoms with Crippen molar-refractivity contribution in [3.8, 4) is 11.5 Å². The largest absolute Gasteiger partial charge is 0.441 e. The number of nitrogens with zero attached hydrogens (tertiary/aromatic N) is 3. The van der Waals surface area contributed by atoms with Crippen molar-refractivity contribution in [1.29, 1.82) is 0 Å². The van der Waals surface area contributed by atoms with Crippen LogP contribution in [0.3, 0.4) is 0 Å². The summed E-state index contributed by atoms with van der Waals surface area (Å²) in [4.78, 5) is 9.78. The minimum atomic E-state index is 0.723. The van der Waals surface area contributed by atoms with Gasteiger partial charge in [-0.05, 0) is 37.1 Å². The molecule has 4 heteroatoms. The van der Waals surface area contributed by atoms with Gasteiger partial charge in [0.25, 0.3) is 0 Å². The first-order chi connectivity index (χ1) is 13.2. The van der Waals surface area contributed by atoms with E-state index in [1.54, 1.807) is 0 Å². The second-order valence-corrected chi connectivity index (χ2v) is 7.37. The summed E-state index contributed by atoms with van der Waals surface area (Å²) in [6, 6.07) is 18.8. The molecule has 0 N–H and O–H groups in total. The fourth-order valence-electron chi connectivity index (χ4n) is 3.62. The molecular formula is C23H27N3O. The number of aromatic nitrogens is 1. The number of piperazine rings is 1. The minimum Gasteiger partial charge on any atom is -0.441 e. The van der Waals surface area contributed by atoms with E-state index in [1.165, 1.54) is 11.1 Å². The molecule has 0 spiro atoms. The molecule has 0 amide bonds. The van der Waals surface area contributed by atoms with Crippen molar-refractivity contribution in [3.05, 3.63) is 77.2 Å². The lowest BCUT2D eigenvalue weighted by atomic mass is 10.1. The van der Waals surface area contributed by atoms with Crippen LogP contribution in [-0.2, 0) is 13.1 Å². The van der Waals surface area contributed by atoms with E-state index in [1.807, 2.05) is 37.3 Å². The van der Waals surface area contributed by atoms with Crippen molar-refractivity contribution < 1.29 is 4.42 Å². The fraction of sp³-hybridized carbons (Fsp3) is 0.348. The van der Waals surface area contributed by atoms with Crippen LogP contribution in [-0.4, -0.2) is 41.0 Å². The van der Waals surface area contributed by atoms with E-state index in [0.29, 0.717) is 0 Å². The highest BCUT2D eigenvalue weighted by Gasteiger charge is 2.20. The van der Waals surface area contributed by atoms with Gasteiger partial charge in [-0.2, -0.15) is 0 Å². The molecule has 0 bridgehead atoms. The molecule has 3 aromatic rings. The van der Waals surface area contributed by atoms with E-state index in [4.69, 9.17) is 9.40 Å². The van der Waals surface area contributed by atoms with Crippen molar-refractivity contribution in [2.45, 2.75) is 26.9 Å². The summed E-state index contributed by atoms with van der Waals surface area (Å²) in [7, 11) is 0. The van der Waals surface area contributed by atoms with Gasteiger partial charge in [-0.1, -0.05) is 42.5 Å². The molecule has 140 valence electrons. The van der Waals surface area contributed by atoms with Gasteiger partial charge in [-0.3, -0.25) is 9.80 Å². The first-order valence-corrected chi connectivity index (χ1v) is 9.70. The predicted octanol–water partition coefficient (Wildman–Crippen LogP) is 4.28. The summed E-state index contributed by atoms with van der Waals surface area (Å²) in [5.74, 6) is 1.65. The van der Waals surface area contributed by atoms with Crippen LogP contribution < -0.4 is 0 Å². The molecule has 0 saturated carbocycles. The van der Waals surface area contributed by atoms with Gasteiger partial charge in [0.2, 0.25) is 5.89 Å². The highest BCUT2D eigenvalue weighted by molar-refractivity contribution is 5.53. The van der Waals surface area contributed by atoms with E-state index in [9.17, 15) is 0 Å². The SMILES string of the molecule is Cc1ccccc1CN1CCN(Cc2nc(-c3ccccc3)oc2C)CC1. The smallest absolute Gasteiger partial charge is 0.226 e. The summed E-state index contributed by atoms with van der Waals surface area (Å²) >= 11 is 0. The lowest BCUT2D eigenvalue weighted by Gasteiger charge is -2.34. The van der Waals surface area contributed by atoms with Gasteiger partial charge in [-0.15, -0.1) is 0 Å². The van der Waals surface area contributed by atoms with E-state index < -0.39 is 0 Å². The van der Waals surface area contributed by atoms with Crippen LogP contribution >= 0.6 is 0 Å². The van der Waals surface area contributed by atoms with Gasteiger partial charge in [-0.25, -0.2) is 4.98 Å². The molecule has 0 atom stereocenters. The Hall–Kier alpha value is -2.43. The molecule has 1 aliphatic rings. The third kappa shape index (κ3) is 4.29. The molecule has 0 radical (unpaired) electrons. The highest BCUT2D eigenvalue weighted by Crippen LogP contribution is 2.22. The number of rotatable bonds is 5. The van der Waals surface area contributed by atoms with Crippen LogP contribution in [0.25, 0.3) is 11.5 Å². The number of hydrogen-bond donors (Lipinski definition) is 0. The van der Waals surface area contributed by atoms with Crippen molar-refractivity contribution in [2.75, 3.05) is 26.2 Å². The summed E-state index contributed by atoms with van der Waals surface area (Å²) in [5, 5.41) is 0. The molecule has 2 heterocycles. The Labute approximate surface area is 161 Å². The van der Waals surface area contributed by atoms with Gasteiger partial charge >= 0.3 is 0 Å². The Morgan fingerprint density at radius 3 is 2.15 bits per heavy atom. The van der Waals surface area contributed by atoms with E-state index >= 15 is 0 Å². The number of aryl methyl sites for hydroxylation is 2. The van der Waals surface area contributed by atoms with Crippen LogP contribution in [0.5, 0.6) is 0 Å².